The van der Waals surface area contributed by atoms with Crippen molar-refractivity contribution >= 4 is 28.8 Å². The summed E-state index contributed by atoms with van der Waals surface area (Å²) in [5.74, 6) is -2.41. The van der Waals surface area contributed by atoms with E-state index in [0.29, 0.717) is 43.1 Å². The summed E-state index contributed by atoms with van der Waals surface area (Å²) < 4.78 is 78.7. The third kappa shape index (κ3) is 6.48. The number of halogens is 5. The number of carbonyl (C=O) groups excluding carboxylic acids is 1. The van der Waals surface area contributed by atoms with Gasteiger partial charge in [0.2, 0.25) is 11.5 Å². The number of methoxy groups -OCH3 is 1. The van der Waals surface area contributed by atoms with Gasteiger partial charge in [-0.3, -0.25) is 14.5 Å². The Kier molecular flexibility index (Phi) is 8.83. The highest BCUT2D eigenvalue weighted by atomic mass is 19.4. The molecule has 0 unspecified atom stereocenters. The Hall–Kier alpha value is -4.53. The second-order valence-corrected chi connectivity index (χ2v) is 11.1. The Morgan fingerprint density at radius 1 is 1.07 bits per heavy atom. The molecule has 0 radical (unpaired) electrons. The number of piperazine rings is 1. The Morgan fingerprint density at radius 3 is 2.31 bits per heavy atom. The van der Waals surface area contributed by atoms with Gasteiger partial charge in [0.1, 0.15) is 0 Å². The lowest BCUT2D eigenvalue weighted by Crippen LogP contribution is -2.55. The molecule has 1 aromatic carbocycles. The van der Waals surface area contributed by atoms with E-state index < -0.39 is 46.1 Å². The van der Waals surface area contributed by atoms with Gasteiger partial charge in [0.25, 0.3) is 5.91 Å². The molecular formula is C30H32F5N7O3. The number of aromatic amines is 1. The number of amides is 1. The monoisotopic (exact) mass is 633 g/mol. The molecule has 2 atom stereocenters. The number of aromatic nitrogens is 3. The van der Waals surface area contributed by atoms with E-state index in [1.807, 2.05) is 25.8 Å². The van der Waals surface area contributed by atoms with E-state index in [0.717, 1.165) is 6.07 Å². The normalized spacial score (nSPS) is 19.4. The molecule has 0 aliphatic carbocycles. The highest BCUT2D eigenvalue weighted by molar-refractivity contribution is 6.05. The number of alkyl halides is 3. The number of nitrogens with zero attached hydrogens (tertiary/aromatic N) is 5. The molecular weight excluding hydrogens is 601 g/mol. The van der Waals surface area contributed by atoms with Gasteiger partial charge in [0, 0.05) is 50.5 Å². The Morgan fingerprint density at radius 2 is 1.73 bits per heavy atom. The number of benzene rings is 1. The second-order valence-electron chi connectivity index (χ2n) is 11.1. The minimum absolute atomic E-state index is 0.00197. The SMILES string of the molecule is COc1cnc(N2CC=C(c3c(F)c(NC(=O)c4c[nH]c(=O)cc4C(F)(F)F)cc(N4C[C@@H](C)N(C)[C@@H](C)C4)c3F)CC2)nc1. The number of hydrogen-bond acceptors (Lipinski definition) is 8. The van der Waals surface area contributed by atoms with Gasteiger partial charge < -0.3 is 24.8 Å². The zero-order valence-electron chi connectivity index (χ0n) is 25.0. The summed E-state index contributed by atoms with van der Waals surface area (Å²) in [6.07, 6.45) is 0.415. The van der Waals surface area contributed by atoms with Crippen LogP contribution < -0.4 is 25.4 Å². The van der Waals surface area contributed by atoms with Gasteiger partial charge in [-0.2, -0.15) is 13.2 Å². The number of carbonyl (C=O) groups is 1. The number of H-pyrrole nitrogens is 1. The summed E-state index contributed by atoms with van der Waals surface area (Å²) in [7, 11) is 3.43. The first-order chi connectivity index (χ1) is 21.3. The third-order valence-electron chi connectivity index (χ3n) is 8.27. The molecule has 0 spiro atoms. The Balaban J connectivity index is 1.55. The zero-order chi connectivity index (χ0) is 32.6. The summed E-state index contributed by atoms with van der Waals surface area (Å²) >= 11 is 0. The second kappa shape index (κ2) is 12.5. The number of likely N-dealkylation sites (N-methyl/N-ethyl adjacent to an activating group) is 1. The van der Waals surface area contributed by atoms with Gasteiger partial charge in [-0.05, 0) is 39.0 Å². The molecule has 0 bridgehead atoms. The topological polar surface area (TPSA) is 107 Å². The zero-order valence-corrected chi connectivity index (χ0v) is 25.0. The Bertz CT molecular complexity index is 1660. The molecule has 4 heterocycles. The fourth-order valence-corrected chi connectivity index (χ4v) is 5.57. The van der Waals surface area contributed by atoms with Crippen molar-refractivity contribution in [1.29, 1.82) is 0 Å². The number of rotatable bonds is 6. The molecule has 240 valence electrons. The first kappa shape index (κ1) is 31.9. The van der Waals surface area contributed by atoms with E-state index in [2.05, 4.69) is 25.2 Å². The van der Waals surface area contributed by atoms with Gasteiger partial charge in [0.15, 0.2) is 17.4 Å². The highest BCUT2D eigenvalue weighted by Crippen LogP contribution is 2.39. The van der Waals surface area contributed by atoms with Crippen LogP contribution in [0.2, 0.25) is 0 Å². The van der Waals surface area contributed by atoms with Crippen LogP contribution in [-0.4, -0.2) is 78.2 Å². The molecule has 1 fully saturated rings. The summed E-state index contributed by atoms with van der Waals surface area (Å²) in [4.78, 5) is 41.0. The molecule has 5 rings (SSSR count). The van der Waals surface area contributed by atoms with Crippen LogP contribution in [0.5, 0.6) is 5.75 Å². The maximum atomic E-state index is 16.4. The minimum Gasteiger partial charge on any atom is -0.494 e. The molecule has 15 heteroatoms. The van der Waals surface area contributed by atoms with Crippen LogP contribution in [0.1, 0.15) is 41.8 Å². The number of nitrogens with one attached hydrogen (secondary N) is 2. The van der Waals surface area contributed by atoms with E-state index in [-0.39, 0.29) is 42.4 Å². The fraction of sp³-hybridized carbons (Fsp3) is 0.400. The molecule has 1 saturated heterocycles. The van der Waals surface area contributed by atoms with E-state index in [1.165, 1.54) is 19.5 Å². The summed E-state index contributed by atoms with van der Waals surface area (Å²) in [6.45, 7) is 5.23. The lowest BCUT2D eigenvalue weighted by atomic mass is 9.95. The molecule has 2 aliphatic heterocycles. The molecule has 3 aromatic rings. The Labute approximate surface area is 255 Å². The van der Waals surface area contributed by atoms with Gasteiger partial charge in [0.05, 0.1) is 47.6 Å². The molecule has 10 nitrogen and oxygen atoms in total. The van der Waals surface area contributed by atoms with Gasteiger partial charge in [-0.15, -0.1) is 0 Å². The lowest BCUT2D eigenvalue weighted by molar-refractivity contribution is -0.138. The summed E-state index contributed by atoms with van der Waals surface area (Å²) in [6, 6.07) is 1.37. The number of ether oxygens (including phenoxy) is 1. The largest absolute Gasteiger partial charge is 0.494 e. The van der Waals surface area contributed by atoms with Crippen LogP contribution in [0, 0.1) is 11.6 Å². The highest BCUT2D eigenvalue weighted by Gasteiger charge is 2.37. The standard InChI is InChI=1S/C30H32F5N7O3/c1-16-14-42(15-17(2)40(16)3)23-10-22(39-28(44)20-13-36-24(43)9-21(20)30(33,34)35)26(31)25(27(23)32)18-5-7-41(8-6-18)29-37-11-19(45-4)12-38-29/h5,9-13,16-17H,6-8,14-15H2,1-4H3,(H,36,43)(H,39,44)/t16-,17+. The van der Waals surface area contributed by atoms with E-state index in [4.69, 9.17) is 4.74 Å². The van der Waals surface area contributed by atoms with Crippen LogP contribution in [-0.2, 0) is 6.18 Å². The maximum Gasteiger partial charge on any atom is 0.417 e. The first-order valence-electron chi connectivity index (χ1n) is 14.2. The lowest BCUT2D eigenvalue weighted by Gasteiger charge is -2.43. The van der Waals surface area contributed by atoms with Crippen molar-refractivity contribution in [1.82, 2.24) is 19.9 Å². The van der Waals surface area contributed by atoms with Crippen molar-refractivity contribution in [2.45, 2.75) is 38.5 Å². The average molecular weight is 634 g/mol. The van der Waals surface area contributed by atoms with Crippen molar-refractivity contribution in [2.75, 3.05) is 55.5 Å². The average Bonchev–Trinajstić information content (AvgIpc) is 3.01. The van der Waals surface area contributed by atoms with Crippen molar-refractivity contribution in [2.24, 2.45) is 0 Å². The van der Waals surface area contributed by atoms with Gasteiger partial charge in [-0.1, -0.05) is 6.08 Å². The summed E-state index contributed by atoms with van der Waals surface area (Å²) in [5.41, 5.74) is -4.00. The van der Waals surface area contributed by atoms with E-state index >= 15 is 8.78 Å². The molecule has 2 N–H and O–H groups in total. The van der Waals surface area contributed by atoms with Crippen molar-refractivity contribution in [3.63, 3.8) is 0 Å². The predicted octanol–water partition coefficient (Wildman–Crippen LogP) is 4.55. The van der Waals surface area contributed by atoms with Gasteiger partial charge >= 0.3 is 6.18 Å². The first-order valence-corrected chi connectivity index (χ1v) is 14.2. The molecule has 45 heavy (non-hydrogen) atoms. The quantitative estimate of drug-likeness (QED) is 0.381. The number of pyridine rings is 1. The maximum absolute atomic E-state index is 16.4. The van der Waals surface area contributed by atoms with Crippen molar-refractivity contribution < 1.29 is 31.5 Å². The predicted molar refractivity (Wildman–Crippen MR) is 159 cm³/mol. The minimum atomic E-state index is -5.03. The number of hydrogen-bond donors (Lipinski definition) is 2. The van der Waals surface area contributed by atoms with Gasteiger partial charge in [-0.25, -0.2) is 18.7 Å². The van der Waals surface area contributed by atoms with Crippen LogP contribution in [0.25, 0.3) is 5.57 Å². The van der Waals surface area contributed by atoms with Crippen LogP contribution in [0.4, 0.5) is 39.3 Å². The van der Waals surface area contributed by atoms with E-state index in [1.54, 1.807) is 11.0 Å². The molecule has 1 amide bonds. The van der Waals surface area contributed by atoms with Crippen LogP contribution >= 0.6 is 0 Å². The fourth-order valence-electron chi connectivity index (χ4n) is 5.57. The van der Waals surface area contributed by atoms with Crippen LogP contribution in [0.3, 0.4) is 0 Å². The number of anilines is 3. The summed E-state index contributed by atoms with van der Waals surface area (Å²) in [5, 5.41) is 2.21. The van der Waals surface area contributed by atoms with E-state index in [9.17, 15) is 22.8 Å². The van der Waals surface area contributed by atoms with Crippen LogP contribution in [0.15, 0.2) is 41.6 Å². The molecule has 2 aromatic heterocycles. The third-order valence-corrected chi connectivity index (χ3v) is 8.27. The molecule has 0 saturated carbocycles. The van der Waals surface area contributed by atoms with Crippen molar-refractivity contribution in [3.05, 3.63) is 75.5 Å². The van der Waals surface area contributed by atoms with Crippen molar-refractivity contribution in [3.8, 4) is 5.75 Å². The smallest absolute Gasteiger partial charge is 0.417 e. The molecule has 2 aliphatic rings.